The standard InChI is InChI=1S/C16H14ClFN2O/c1-8(2)16-19-14(9(3)15(17)20-16)13-7-10-6-11(18)4-5-12(10)21-13/h4-8H,1-3H3. The third-order valence-corrected chi connectivity index (χ3v) is 3.70. The van der Waals surface area contributed by atoms with Gasteiger partial charge in [-0.2, -0.15) is 0 Å². The Bertz CT molecular complexity index is 827. The molecule has 0 fully saturated rings. The van der Waals surface area contributed by atoms with E-state index >= 15 is 0 Å². The van der Waals surface area contributed by atoms with Gasteiger partial charge in [-0.05, 0) is 31.2 Å². The summed E-state index contributed by atoms with van der Waals surface area (Å²) in [4.78, 5) is 8.82. The fourth-order valence-electron chi connectivity index (χ4n) is 2.13. The molecule has 0 bridgehead atoms. The van der Waals surface area contributed by atoms with Crippen LogP contribution in [0, 0.1) is 12.7 Å². The van der Waals surface area contributed by atoms with Crippen molar-refractivity contribution in [1.29, 1.82) is 0 Å². The molecule has 108 valence electrons. The van der Waals surface area contributed by atoms with E-state index in [0.29, 0.717) is 33.4 Å². The quantitative estimate of drug-likeness (QED) is 0.617. The van der Waals surface area contributed by atoms with Crippen molar-refractivity contribution in [2.75, 3.05) is 0 Å². The van der Waals surface area contributed by atoms with Crippen molar-refractivity contribution in [1.82, 2.24) is 9.97 Å². The summed E-state index contributed by atoms with van der Waals surface area (Å²) >= 11 is 6.18. The first kappa shape index (κ1) is 14.0. The lowest BCUT2D eigenvalue weighted by Gasteiger charge is -2.09. The van der Waals surface area contributed by atoms with E-state index in [4.69, 9.17) is 16.0 Å². The van der Waals surface area contributed by atoms with Crippen molar-refractivity contribution < 1.29 is 8.81 Å². The van der Waals surface area contributed by atoms with E-state index in [1.54, 1.807) is 12.1 Å². The molecule has 21 heavy (non-hydrogen) atoms. The van der Waals surface area contributed by atoms with Crippen molar-refractivity contribution in [3.05, 3.63) is 46.6 Å². The molecule has 2 aromatic heterocycles. The summed E-state index contributed by atoms with van der Waals surface area (Å²) in [5.74, 6) is 1.09. The van der Waals surface area contributed by atoms with E-state index in [0.717, 1.165) is 5.56 Å². The van der Waals surface area contributed by atoms with Crippen LogP contribution in [0.4, 0.5) is 4.39 Å². The molecule has 3 aromatic rings. The number of rotatable bonds is 2. The van der Waals surface area contributed by atoms with Crippen LogP contribution in [0.25, 0.3) is 22.4 Å². The van der Waals surface area contributed by atoms with Crippen molar-refractivity contribution in [2.45, 2.75) is 26.7 Å². The van der Waals surface area contributed by atoms with E-state index in [1.165, 1.54) is 12.1 Å². The van der Waals surface area contributed by atoms with Gasteiger partial charge in [0.05, 0.1) is 0 Å². The first-order valence-corrected chi connectivity index (χ1v) is 7.07. The molecule has 0 aliphatic heterocycles. The number of aromatic nitrogens is 2. The highest BCUT2D eigenvalue weighted by atomic mass is 35.5. The summed E-state index contributed by atoms with van der Waals surface area (Å²) in [6, 6.07) is 6.18. The number of nitrogens with zero attached hydrogens (tertiary/aromatic N) is 2. The second kappa shape index (κ2) is 5.11. The first-order valence-electron chi connectivity index (χ1n) is 6.69. The Morgan fingerprint density at radius 3 is 2.67 bits per heavy atom. The van der Waals surface area contributed by atoms with Crippen LogP contribution in [0.5, 0.6) is 0 Å². The molecular formula is C16H14ClFN2O. The van der Waals surface area contributed by atoms with Crippen LogP contribution >= 0.6 is 11.6 Å². The summed E-state index contributed by atoms with van der Waals surface area (Å²) in [7, 11) is 0. The van der Waals surface area contributed by atoms with Gasteiger partial charge in [-0.1, -0.05) is 25.4 Å². The molecule has 2 heterocycles. The van der Waals surface area contributed by atoms with Gasteiger partial charge >= 0.3 is 0 Å². The Labute approximate surface area is 126 Å². The maximum absolute atomic E-state index is 13.3. The highest BCUT2D eigenvalue weighted by molar-refractivity contribution is 6.30. The molecule has 1 aromatic carbocycles. The summed E-state index contributed by atoms with van der Waals surface area (Å²) in [6.45, 7) is 5.84. The molecule has 0 spiro atoms. The van der Waals surface area contributed by atoms with Crippen LogP contribution < -0.4 is 0 Å². The Balaban J connectivity index is 2.21. The smallest absolute Gasteiger partial charge is 0.154 e. The van der Waals surface area contributed by atoms with Gasteiger partial charge in [-0.15, -0.1) is 0 Å². The number of furan rings is 1. The maximum Gasteiger partial charge on any atom is 0.154 e. The molecule has 5 heteroatoms. The normalized spacial score (nSPS) is 11.5. The monoisotopic (exact) mass is 304 g/mol. The summed E-state index contributed by atoms with van der Waals surface area (Å²) < 4.78 is 19.0. The Kier molecular flexibility index (Phi) is 3.41. The van der Waals surface area contributed by atoms with E-state index in [2.05, 4.69) is 9.97 Å². The SMILES string of the molecule is Cc1c(Cl)nc(C(C)C)nc1-c1cc2cc(F)ccc2o1. The number of halogens is 2. The van der Waals surface area contributed by atoms with Gasteiger partial charge < -0.3 is 4.42 Å². The second-order valence-corrected chi connectivity index (χ2v) is 5.65. The van der Waals surface area contributed by atoms with Crippen molar-refractivity contribution in [3.63, 3.8) is 0 Å². The molecule has 0 radical (unpaired) electrons. The minimum Gasteiger partial charge on any atom is -0.454 e. The highest BCUT2D eigenvalue weighted by Gasteiger charge is 2.16. The third kappa shape index (κ3) is 2.51. The molecule has 0 saturated carbocycles. The number of hydrogen-bond donors (Lipinski definition) is 0. The molecule has 0 aliphatic carbocycles. The molecule has 0 amide bonds. The van der Waals surface area contributed by atoms with Crippen LogP contribution in [0.1, 0.15) is 31.2 Å². The molecule has 0 atom stereocenters. The molecule has 0 N–H and O–H groups in total. The first-order chi connectivity index (χ1) is 9.95. The zero-order chi connectivity index (χ0) is 15.1. The zero-order valence-corrected chi connectivity index (χ0v) is 12.7. The molecule has 3 nitrogen and oxygen atoms in total. The summed E-state index contributed by atoms with van der Waals surface area (Å²) in [5, 5.41) is 1.11. The Hall–Kier alpha value is -1.94. The predicted octanol–water partition coefficient (Wildman–Crippen LogP) is 5.11. The van der Waals surface area contributed by atoms with E-state index in [9.17, 15) is 4.39 Å². The van der Waals surface area contributed by atoms with Gasteiger partial charge in [0.2, 0.25) is 0 Å². The fourth-order valence-corrected chi connectivity index (χ4v) is 2.31. The van der Waals surface area contributed by atoms with Crippen molar-refractivity contribution in [3.8, 4) is 11.5 Å². The number of hydrogen-bond acceptors (Lipinski definition) is 3. The zero-order valence-electron chi connectivity index (χ0n) is 11.9. The maximum atomic E-state index is 13.3. The van der Waals surface area contributed by atoms with Crippen LogP contribution in [0.2, 0.25) is 5.15 Å². The van der Waals surface area contributed by atoms with Crippen molar-refractivity contribution in [2.24, 2.45) is 0 Å². The lowest BCUT2D eigenvalue weighted by atomic mass is 10.1. The number of benzene rings is 1. The fraction of sp³-hybridized carbons (Fsp3) is 0.250. The molecular weight excluding hydrogens is 291 g/mol. The van der Waals surface area contributed by atoms with Crippen molar-refractivity contribution >= 4 is 22.6 Å². The topological polar surface area (TPSA) is 38.9 Å². The van der Waals surface area contributed by atoms with E-state index in [-0.39, 0.29) is 11.7 Å². The molecule has 3 rings (SSSR count). The van der Waals surface area contributed by atoms with Crippen LogP contribution in [-0.2, 0) is 0 Å². The third-order valence-electron chi connectivity index (χ3n) is 3.33. The average molecular weight is 305 g/mol. The van der Waals surface area contributed by atoms with Gasteiger partial charge in [0.15, 0.2) is 5.76 Å². The van der Waals surface area contributed by atoms with Gasteiger partial charge in [-0.3, -0.25) is 0 Å². The van der Waals surface area contributed by atoms with Crippen LogP contribution in [0.15, 0.2) is 28.7 Å². The van der Waals surface area contributed by atoms with Crippen LogP contribution in [-0.4, -0.2) is 9.97 Å². The lowest BCUT2D eigenvalue weighted by Crippen LogP contribution is -2.01. The molecule has 0 saturated heterocycles. The minimum atomic E-state index is -0.296. The van der Waals surface area contributed by atoms with Gasteiger partial charge in [0.25, 0.3) is 0 Å². The van der Waals surface area contributed by atoms with E-state index < -0.39 is 0 Å². The summed E-state index contributed by atoms with van der Waals surface area (Å²) in [6.07, 6.45) is 0. The number of fused-ring (bicyclic) bond motifs is 1. The van der Waals surface area contributed by atoms with Crippen LogP contribution in [0.3, 0.4) is 0 Å². The minimum absolute atomic E-state index is 0.156. The van der Waals surface area contributed by atoms with Gasteiger partial charge in [0.1, 0.15) is 28.1 Å². The Morgan fingerprint density at radius 2 is 1.95 bits per heavy atom. The summed E-state index contributed by atoms with van der Waals surface area (Å²) in [5.41, 5.74) is 2.02. The predicted molar refractivity (Wildman–Crippen MR) is 81.0 cm³/mol. The molecule has 0 unspecified atom stereocenters. The van der Waals surface area contributed by atoms with Gasteiger partial charge in [0, 0.05) is 16.9 Å². The highest BCUT2D eigenvalue weighted by Crippen LogP contribution is 2.32. The molecule has 0 aliphatic rings. The lowest BCUT2D eigenvalue weighted by molar-refractivity contribution is 0.616. The Morgan fingerprint density at radius 1 is 1.19 bits per heavy atom. The average Bonchev–Trinajstić information content (AvgIpc) is 2.84. The van der Waals surface area contributed by atoms with E-state index in [1.807, 2.05) is 20.8 Å². The van der Waals surface area contributed by atoms with Gasteiger partial charge in [-0.25, -0.2) is 14.4 Å². The largest absolute Gasteiger partial charge is 0.454 e. The second-order valence-electron chi connectivity index (χ2n) is 5.29.